The van der Waals surface area contributed by atoms with Crippen LogP contribution in [0, 0.1) is 34.5 Å². The molecule has 4 aliphatic carbocycles. The first-order chi connectivity index (χ1) is 18.0. The lowest BCUT2D eigenvalue weighted by Crippen LogP contribution is -2.63. The van der Waals surface area contributed by atoms with Crippen molar-refractivity contribution in [1.82, 2.24) is 0 Å². The molecule has 0 bridgehead atoms. The molecule has 6 rings (SSSR count). The Morgan fingerprint density at radius 3 is 2.50 bits per heavy atom. The van der Waals surface area contributed by atoms with Gasteiger partial charge in [-0.15, -0.1) is 0 Å². The van der Waals surface area contributed by atoms with Crippen LogP contribution < -0.4 is 0 Å². The topological polar surface area (TPSA) is 143 Å². The minimum atomic E-state index is -1.34. The van der Waals surface area contributed by atoms with E-state index in [1.165, 1.54) is 6.29 Å². The van der Waals surface area contributed by atoms with Gasteiger partial charge in [0.15, 0.2) is 6.29 Å². The van der Waals surface area contributed by atoms with E-state index in [4.69, 9.17) is 14.2 Å². The molecule has 0 aromatic heterocycles. The molecule has 0 radical (unpaired) electrons. The molecule has 9 nitrogen and oxygen atoms in total. The Morgan fingerprint density at radius 2 is 1.79 bits per heavy atom. The lowest BCUT2D eigenvalue weighted by molar-refractivity contribution is -0.309. The van der Waals surface area contributed by atoms with Crippen molar-refractivity contribution < 1.29 is 44.2 Å². The second-order valence-electron chi connectivity index (χ2n) is 13.2. The number of aldehydes is 1. The highest BCUT2D eigenvalue weighted by Crippen LogP contribution is 2.69. The fourth-order valence-electron chi connectivity index (χ4n) is 9.73. The Hall–Kier alpha value is -1.36. The van der Waals surface area contributed by atoms with Crippen LogP contribution in [0.4, 0.5) is 0 Å². The minimum Gasteiger partial charge on any atom is -0.458 e. The summed E-state index contributed by atoms with van der Waals surface area (Å²) in [6.07, 6.45) is 3.80. The molecule has 4 saturated carbocycles. The predicted molar refractivity (Wildman–Crippen MR) is 133 cm³/mol. The number of ether oxygens (including phenoxy) is 3. The first-order valence-electron chi connectivity index (χ1n) is 14.4. The lowest BCUT2D eigenvalue weighted by atomic mass is 9.43. The van der Waals surface area contributed by atoms with E-state index in [0.717, 1.165) is 37.7 Å². The Bertz CT molecular complexity index is 999. The van der Waals surface area contributed by atoms with Gasteiger partial charge in [0.1, 0.15) is 31.2 Å². The van der Waals surface area contributed by atoms with Crippen LogP contribution in [0.2, 0.25) is 0 Å². The summed E-state index contributed by atoms with van der Waals surface area (Å²) >= 11 is 0. The summed E-state index contributed by atoms with van der Waals surface area (Å²) in [7, 11) is 0. The molecule has 6 aliphatic rings. The molecular weight excluding hydrogens is 492 g/mol. The molecule has 1 saturated heterocycles. The van der Waals surface area contributed by atoms with Crippen LogP contribution in [0.5, 0.6) is 0 Å². The second-order valence-corrected chi connectivity index (χ2v) is 13.2. The molecule has 4 N–H and O–H groups in total. The van der Waals surface area contributed by atoms with Gasteiger partial charge in [-0.2, -0.15) is 0 Å². The number of carbonyl (C=O) groups excluding carboxylic acids is 2. The van der Waals surface area contributed by atoms with Crippen molar-refractivity contribution in [2.75, 3.05) is 6.61 Å². The molecule has 5 fully saturated rings. The third-order valence-electron chi connectivity index (χ3n) is 11.9. The van der Waals surface area contributed by atoms with E-state index in [2.05, 4.69) is 6.92 Å². The minimum absolute atomic E-state index is 0.0322. The molecule has 0 amide bonds. The molecule has 212 valence electrons. The summed E-state index contributed by atoms with van der Waals surface area (Å²) in [5.41, 5.74) is -0.739. The van der Waals surface area contributed by atoms with Gasteiger partial charge >= 0.3 is 5.97 Å². The van der Waals surface area contributed by atoms with Crippen molar-refractivity contribution in [3.05, 3.63) is 11.6 Å². The number of rotatable bonds is 4. The number of fused-ring (bicyclic) bond motifs is 5. The van der Waals surface area contributed by atoms with Gasteiger partial charge in [0, 0.05) is 16.9 Å². The van der Waals surface area contributed by atoms with Crippen molar-refractivity contribution in [3.8, 4) is 0 Å². The molecule has 38 heavy (non-hydrogen) atoms. The largest absolute Gasteiger partial charge is 0.458 e. The van der Waals surface area contributed by atoms with Crippen LogP contribution in [0.3, 0.4) is 0 Å². The predicted octanol–water partition coefficient (Wildman–Crippen LogP) is 1.64. The van der Waals surface area contributed by atoms with Gasteiger partial charge in [-0.3, -0.25) is 0 Å². The quantitative estimate of drug-likeness (QED) is 0.240. The maximum Gasteiger partial charge on any atom is 0.331 e. The van der Waals surface area contributed by atoms with Crippen molar-refractivity contribution >= 4 is 12.3 Å². The van der Waals surface area contributed by atoms with Crippen molar-refractivity contribution in [3.63, 3.8) is 0 Å². The molecule has 9 heteroatoms. The first kappa shape index (κ1) is 26.8. The van der Waals surface area contributed by atoms with Crippen molar-refractivity contribution in [1.29, 1.82) is 0 Å². The normalized spacial score (nSPS) is 54.4. The standard InChI is InChI=1S/C29H42O9/c1-15-23(32)24(33)25(34)26(37-15)38-18-5-9-28(14-30)17(12-18)3-4-21-20(28)6-8-27(2)19(7-10-29(21,27)35)16-11-22(31)36-13-16/h11,14-15,17-21,23-26,32-35H,3-10,12-13H2,1-2H3/t15-,17+,18+,19-,20-,21+,23+,24-,25-,26-,27-,28-,29+/m1/s1. The number of cyclic esters (lactones) is 1. The molecule has 2 aliphatic heterocycles. The Morgan fingerprint density at radius 1 is 1.00 bits per heavy atom. The number of hydrogen-bond acceptors (Lipinski definition) is 9. The molecule has 13 atom stereocenters. The summed E-state index contributed by atoms with van der Waals surface area (Å²) in [6, 6.07) is 0. The summed E-state index contributed by atoms with van der Waals surface area (Å²) in [6.45, 7) is 4.13. The molecule has 0 unspecified atom stereocenters. The monoisotopic (exact) mass is 534 g/mol. The highest BCUT2D eigenvalue weighted by Gasteiger charge is 2.68. The number of hydrogen-bond donors (Lipinski definition) is 4. The average molecular weight is 535 g/mol. The van der Waals surface area contributed by atoms with E-state index in [1.807, 2.05) is 0 Å². The van der Waals surface area contributed by atoms with Crippen LogP contribution in [0.25, 0.3) is 0 Å². The Kier molecular flexibility index (Phi) is 6.60. The summed E-state index contributed by atoms with van der Waals surface area (Å²) < 4.78 is 17.0. The zero-order chi connectivity index (χ0) is 27.0. The molecule has 0 aromatic rings. The van der Waals surface area contributed by atoms with Gasteiger partial charge in [-0.25, -0.2) is 4.79 Å². The van der Waals surface area contributed by atoms with Crippen LogP contribution in [0.1, 0.15) is 71.6 Å². The van der Waals surface area contributed by atoms with Crippen LogP contribution in [0.15, 0.2) is 11.6 Å². The van der Waals surface area contributed by atoms with Gasteiger partial charge in [-0.05, 0) is 94.0 Å². The number of aliphatic hydroxyl groups is 4. The van der Waals surface area contributed by atoms with Crippen LogP contribution in [-0.2, 0) is 23.8 Å². The number of aliphatic hydroxyl groups excluding tert-OH is 3. The highest BCUT2D eigenvalue weighted by molar-refractivity contribution is 5.85. The number of carbonyl (C=O) groups is 2. The van der Waals surface area contributed by atoms with Gasteiger partial charge in [-0.1, -0.05) is 6.92 Å². The van der Waals surface area contributed by atoms with Crippen molar-refractivity contribution in [2.24, 2.45) is 34.5 Å². The highest BCUT2D eigenvalue weighted by atomic mass is 16.7. The van der Waals surface area contributed by atoms with Crippen molar-refractivity contribution in [2.45, 2.75) is 114 Å². The smallest absolute Gasteiger partial charge is 0.331 e. The molecule has 2 heterocycles. The van der Waals surface area contributed by atoms with Gasteiger partial charge < -0.3 is 39.4 Å². The summed E-state index contributed by atoms with van der Waals surface area (Å²) in [4.78, 5) is 24.7. The zero-order valence-electron chi connectivity index (χ0n) is 22.3. The van der Waals surface area contributed by atoms with Crippen LogP contribution in [-0.4, -0.2) is 81.7 Å². The fraction of sp³-hybridized carbons (Fsp3) is 0.862. The Labute approximate surface area is 223 Å². The zero-order valence-corrected chi connectivity index (χ0v) is 22.3. The van der Waals surface area contributed by atoms with Gasteiger partial charge in [0.25, 0.3) is 0 Å². The average Bonchev–Trinajstić information content (AvgIpc) is 3.45. The van der Waals surface area contributed by atoms with E-state index in [1.54, 1.807) is 13.0 Å². The molecular formula is C29H42O9. The van der Waals surface area contributed by atoms with E-state index in [9.17, 15) is 30.0 Å². The molecule has 0 spiro atoms. The molecule has 0 aromatic carbocycles. The third kappa shape index (κ3) is 3.72. The Balaban J connectivity index is 1.19. The fourth-order valence-corrected chi connectivity index (χ4v) is 9.73. The van der Waals surface area contributed by atoms with E-state index in [-0.39, 0.29) is 41.2 Å². The van der Waals surface area contributed by atoms with E-state index in [0.29, 0.717) is 32.3 Å². The van der Waals surface area contributed by atoms with Gasteiger partial charge in [0.2, 0.25) is 0 Å². The lowest BCUT2D eigenvalue weighted by Gasteiger charge is -2.63. The maximum atomic E-state index is 12.9. The summed E-state index contributed by atoms with van der Waals surface area (Å²) in [5, 5.41) is 42.9. The van der Waals surface area contributed by atoms with E-state index < -0.39 is 41.7 Å². The van der Waals surface area contributed by atoms with Crippen LogP contribution >= 0.6 is 0 Å². The SMILES string of the molecule is C[C@H]1O[C@H](O[C@H]2CC[C@@]3(C=O)[C@@H](CC[C@H]4[C@H]3CC[C@]3(C)[C@@H](C5=CC(=O)OC5)CC[C@]43O)C2)[C@H](O)[C@H](O)[C@H]1O. The second kappa shape index (κ2) is 9.35. The van der Waals surface area contributed by atoms with Gasteiger partial charge in [0.05, 0.1) is 17.8 Å². The third-order valence-corrected chi connectivity index (χ3v) is 11.9. The number of esters is 1. The maximum absolute atomic E-state index is 12.9. The first-order valence-corrected chi connectivity index (χ1v) is 14.4. The van der Waals surface area contributed by atoms with E-state index >= 15 is 0 Å². The summed E-state index contributed by atoms with van der Waals surface area (Å²) in [5.74, 6) is 0.0678.